The fourth-order valence-electron chi connectivity index (χ4n) is 3.12. The molecule has 0 unspecified atom stereocenters. The molecule has 1 fully saturated rings. The lowest BCUT2D eigenvalue weighted by Gasteiger charge is -2.18. The molecule has 1 amide bonds. The van der Waals surface area contributed by atoms with Gasteiger partial charge in [0.15, 0.2) is 6.61 Å². The second-order valence-electron chi connectivity index (χ2n) is 8.33. The van der Waals surface area contributed by atoms with Crippen molar-refractivity contribution < 1.29 is 31.6 Å². The zero-order chi connectivity index (χ0) is 29.2. The van der Waals surface area contributed by atoms with Gasteiger partial charge in [-0.1, -0.05) is 20.8 Å². The fourth-order valence-corrected chi connectivity index (χ4v) is 4.57. The van der Waals surface area contributed by atoms with Gasteiger partial charge in [0.2, 0.25) is 5.92 Å². The Morgan fingerprint density at radius 2 is 1.85 bits per heavy atom. The quantitative estimate of drug-likeness (QED) is 0.342. The summed E-state index contributed by atoms with van der Waals surface area (Å²) in [6.45, 7) is 5.96. The van der Waals surface area contributed by atoms with Crippen LogP contribution in [0.15, 0.2) is 41.0 Å². The molecule has 214 valence electrons. The number of nitrogens with one attached hydrogen (secondary N) is 1. The highest BCUT2D eigenvalue weighted by atomic mass is 32.2. The third-order valence-electron chi connectivity index (χ3n) is 5.29. The first kappa shape index (κ1) is 31.6. The predicted octanol–water partition coefficient (Wildman–Crippen LogP) is 5.97. The molecule has 2 heterocycles. The van der Waals surface area contributed by atoms with E-state index in [0.717, 1.165) is 19.4 Å². The van der Waals surface area contributed by atoms with E-state index in [2.05, 4.69) is 19.6 Å². The van der Waals surface area contributed by atoms with Crippen LogP contribution in [0.25, 0.3) is 10.9 Å². The number of ether oxygens (including phenoxy) is 2. The highest BCUT2D eigenvalue weighted by molar-refractivity contribution is 7.95. The van der Waals surface area contributed by atoms with Crippen LogP contribution in [-0.4, -0.2) is 51.2 Å². The van der Waals surface area contributed by atoms with Crippen molar-refractivity contribution in [3.8, 4) is 11.5 Å². The van der Waals surface area contributed by atoms with Gasteiger partial charge in [0.1, 0.15) is 29.5 Å². The van der Waals surface area contributed by atoms with Crippen molar-refractivity contribution in [3.05, 3.63) is 42.5 Å². The summed E-state index contributed by atoms with van der Waals surface area (Å²) in [5.74, 6) is -1.61. The molecule has 3 N–H and O–H groups in total. The predicted molar refractivity (Wildman–Crippen MR) is 147 cm³/mol. The van der Waals surface area contributed by atoms with Gasteiger partial charge in [0.25, 0.3) is 5.91 Å². The Bertz CT molecular complexity index is 1400. The molecule has 9 nitrogen and oxygen atoms in total. The third kappa shape index (κ3) is 9.27. The van der Waals surface area contributed by atoms with E-state index in [-0.39, 0.29) is 12.2 Å². The van der Waals surface area contributed by atoms with Crippen LogP contribution in [0, 0.1) is 5.82 Å². The largest absolute Gasteiger partial charge is 0.496 e. The number of fused-ring (bicyclic) bond motifs is 1. The Morgan fingerprint density at radius 3 is 2.38 bits per heavy atom. The summed E-state index contributed by atoms with van der Waals surface area (Å²) in [6, 6.07) is 7.23. The smallest absolute Gasteiger partial charge is 0.255 e. The molecular weight excluding hydrogens is 535 g/mol. The van der Waals surface area contributed by atoms with Gasteiger partial charge in [-0.05, 0) is 31.5 Å². The number of carbonyl (C=O) groups excluding carboxylic acids is 1. The zero-order valence-electron chi connectivity index (χ0n) is 22.6. The first-order valence-corrected chi connectivity index (χ1v) is 14.2. The van der Waals surface area contributed by atoms with Crippen molar-refractivity contribution in [2.45, 2.75) is 46.5 Å². The van der Waals surface area contributed by atoms with Gasteiger partial charge >= 0.3 is 0 Å². The van der Waals surface area contributed by atoms with E-state index in [4.69, 9.17) is 15.2 Å². The molecule has 1 aromatic heterocycles. The van der Waals surface area contributed by atoms with E-state index >= 15 is 0 Å². The molecule has 0 saturated carbocycles. The minimum absolute atomic E-state index is 0.0625. The van der Waals surface area contributed by atoms with Crippen molar-refractivity contribution in [1.29, 1.82) is 0 Å². The minimum Gasteiger partial charge on any atom is -0.496 e. The van der Waals surface area contributed by atoms with Crippen molar-refractivity contribution in [3.63, 3.8) is 0 Å². The highest BCUT2D eigenvalue weighted by Gasteiger charge is 2.20. The molecule has 0 atom stereocenters. The first-order chi connectivity index (χ1) is 18.4. The molecule has 39 heavy (non-hydrogen) atoms. The number of anilines is 2. The van der Waals surface area contributed by atoms with Crippen molar-refractivity contribution in [2.75, 3.05) is 30.5 Å². The van der Waals surface area contributed by atoms with E-state index in [0.29, 0.717) is 45.4 Å². The van der Waals surface area contributed by atoms with Crippen LogP contribution < -0.4 is 20.5 Å². The molecule has 0 aliphatic carbocycles. The normalized spacial score (nSPS) is 13.5. The number of carbonyl (C=O) groups is 1. The van der Waals surface area contributed by atoms with Gasteiger partial charge in [0.05, 0.1) is 39.1 Å². The molecule has 0 bridgehead atoms. The number of halogens is 3. The molecular formula is C26H34F3N5O4S. The Labute approximate surface area is 226 Å². The number of aromatic nitrogens is 2. The number of hydrogen-bond acceptors (Lipinski definition) is 8. The first-order valence-electron chi connectivity index (χ1n) is 12.3. The minimum atomic E-state index is -2.46. The third-order valence-corrected chi connectivity index (χ3v) is 7.69. The van der Waals surface area contributed by atoms with E-state index < -0.39 is 34.0 Å². The van der Waals surface area contributed by atoms with Crippen LogP contribution in [0.3, 0.4) is 0 Å². The fraction of sp³-hybridized carbons (Fsp3) is 0.423. The van der Waals surface area contributed by atoms with E-state index in [1.165, 1.54) is 32.5 Å². The van der Waals surface area contributed by atoms with Gasteiger partial charge in [-0.2, -0.15) is 4.36 Å². The maximum atomic E-state index is 13.7. The molecule has 1 aliphatic rings. The van der Waals surface area contributed by atoms with Crippen molar-refractivity contribution >= 4 is 43.7 Å². The number of methoxy groups -OCH3 is 1. The summed E-state index contributed by atoms with van der Waals surface area (Å²) in [6.07, 6.45) is 2.19. The molecule has 4 rings (SSSR count). The summed E-state index contributed by atoms with van der Waals surface area (Å²) in [5.41, 5.74) is 6.54. The molecule has 13 heteroatoms. The second-order valence-corrected chi connectivity index (χ2v) is 10.9. The highest BCUT2D eigenvalue weighted by Crippen LogP contribution is 2.38. The van der Waals surface area contributed by atoms with Gasteiger partial charge in [-0.15, -0.1) is 0 Å². The molecule has 0 spiro atoms. The van der Waals surface area contributed by atoms with Crippen molar-refractivity contribution in [2.24, 2.45) is 10.1 Å². The number of primary amides is 1. The van der Waals surface area contributed by atoms with Gasteiger partial charge in [-0.3, -0.25) is 4.79 Å². The van der Waals surface area contributed by atoms with Gasteiger partial charge < -0.3 is 20.5 Å². The second kappa shape index (κ2) is 14.0. The Balaban J connectivity index is 0.000000590. The summed E-state index contributed by atoms with van der Waals surface area (Å²) < 4.78 is 64.3. The molecule has 2 aromatic carbocycles. The number of alkyl halides is 2. The number of nitrogens with zero attached hydrogens (tertiary/aromatic N) is 3. The maximum absolute atomic E-state index is 13.7. The summed E-state index contributed by atoms with van der Waals surface area (Å²) >= 11 is 0. The van der Waals surface area contributed by atoms with Crippen LogP contribution in [0.4, 0.5) is 30.4 Å². The molecule has 0 radical (unpaired) electrons. The number of hydrogen-bond donors (Lipinski definition) is 2. The maximum Gasteiger partial charge on any atom is 0.255 e. The van der Waals surface area contributed by atoms with Crippen LogP contribution in [0.1, 0.15) is 40.5 Å². The van der Waals surface area contributed by atoms with E-state index in [9.17, 15) is 22.2 Å². The summed E-state index contributed by atoms with van der Waals surface area (Å²) in [5, 5.41) is 3.62. The Kier molecular flexibility index (Phi) is 11.3. The summed E-state index contributed by atoms with van der Waals surface area (Å²) in [7, 11) is -0.699. The van der Waals surface area contributed by atoms with Gasteiger partial charge in [-0.25, -0.2) is 27.3 Å². The lowest BCUT2D eigenvalue weighted by atomic mass is 10.2. The molecule has 1 saturated heterocycles. The monoisotopic (exact) mass is 569 g/mol. The average Bonchev–Trinajstić information content (AvgIpc) is 2.88. The van der Waals surface area contributed by atoms with Crippen LogP contribution in [0.2, 0.25) is 0 Å². The summed E-state index contributed by atoms with van der Waals surface area (Å²) in [4.78, 5) is 19.6. The standard InChI is InChI=1S/C20H20FN5O4S.C4H8F2.C2H6/c1-29-17-9-13(26-31(28)5-2-6-31)8-15-19(17)20(24-11-23-15)25-14-4-3-12(21)7-16(14)30-10-18(22)27;1-3-4(2,5)6;1-2/h3-4,7-9,11H,2,5-6,10H2,1H3,(H2,22,27)(H,23,24,25);3H2,1-2H3;1-2H3. The van der Waals surface area contributed by atoms with Crippen LogP contribution in [-0.2, 0) is 14.5 Å². The topological polar surface area (TPSA) is 129 Å². The number of nitrogens with two attached hydrogens (primary N) is 1. The number of rotatable bonds is 8. The van der Waals surface area contributed by atoms with Crippen LogP contribution in [0.5, 0.6) is 11.5 Å². The average molecular weight is 570 g/mol. The lowest BCUT2D eigenvalue weighted by Crippen LogP contribution is -2.22. The number of benzene rings is 2. The molecule has 3 aromatic rings. The van der Waals surface area contributed by atoms with Gasteiger partial charge in [0, 0.05) is 30.1 Å². The Hall–Kier alpha value is -3.61. The Morgan fingerprint density at radius 1 is 1.18 bits per heavy atom. The van der Waals surface area contributed by atoms with E-state index in [1.54, 1.807) is 12.1 Å². The number of amides is 1. The van der Waals surface area contributed by atoms with E-state index in [1.807, 2.05) is 13.8 Å². The SMILES string of the molecule is CC.CCC(C)(F)F.COc1cc(N=S2(=O)CCC2)cc2ncnc(Nc3ccc(F)cc3OCC(N)=O)c12. The van der Waals surface area contributed by atoms with Crippen molar-refractivity contribution in [1.82, 2.24) is 9.97 Å². The van der Waals surface area contributed by atoms with Crippen LogP contribution >= 0.6 is 0 Å². The molecule has 1 aliphatic heterocycles. The zero-order valence-corrected chi connectivity index (χ0v) is 23.4. The lowest BCUT2D eigenvalue weighted by molar-refractivity contribution is -0.119.